The third-order valence-electron chi connectivity index (χ3n) is 4.22. The van der Waals surface area contributed by atoms with Crippen molar-refractivity contribution in [2.24, 2.45) is 0 Å². The van der Waals surface area contributed by atoms with E-state index in [1.165, 1.54) is 23.5 Å². The Morgan fingerprint density at radius 3 is 2.62 bits per heavy atom. The first kappa shape index (κ1) is 18.2. The first-order valence-electron chi connectivity index (χ1n) is 8.35. The Morgan fingerprint density at radius 2 is 1.96 bits per heavy atom. The molecule has 8 heteroatoms. The van der Waals surface area contributed by atoms with E-state index in [2.05, 4.69) is 27.0 Å². The number of hydrogen-bond donors (Lipinski definition) is 1. The van der Waals surface area contributed by atoms with Crippen LogP contribution in [0.2, 0.25) is 0 Å². The monoisotopic (exact) mass is 368 g/mol. The minimum absolute atomic E-state index is 0.0703. The third-order valence-corrected chi connectivity index (χ3v) is 5.06. The molecule has 0 radical (unpaired) electrons. The summed E-state index contributed by atoms with van der Waals surface area (Å²) < 4.78 is 0. The van der Waals surface area contributed by atoms with E-state index in [9.17, 15) is 4.79 Å². The third kappa shape index (κ3) is 4.71. The van der Waals surface area contributed by atoms with E-state index < -0.39 is 0 Å². The molecule has 0 unspecified atom stereocenters. The number of nitriles is 1. The maximum Gasteiger partial charge on any atom is 0.233 e. The number of nitrogens with zero attached hydrogens (tertiary/aromatic N) is 5. The molecule has 1 aliphatic heterocycles. The topological polar surface area (TPSA) is 99.1 Å². The highest BCUT2D eigenvalue weighted by Crippen LogP contribution is 2.17. The molecule has 1 aromatic carbocycles. The largest absolute Gasteiger partial charge is 0.382 e. The van der Waals surface area contributed by atoms with Crippen molar-refractivity contribution in [1.82, 2.24) is 19.8 Å². The molecular formula is C18H20N6OS. The quantitative estimate of drug-likeness (QED) is 0.628. The molecule has 134 valence electrons. The van der Waals surface area contributed by atoms with Crippen molar-refractivity contribution in [3.05, 3.63) is 47.7 Å². The highest BCUT2D eigenvalue weighted by molar-refractivity contribution is 7.99. The van der Waals surface area contributed by atoms with E-state index in [0.29, 0.717) is 5.16 Å². The van der Waals surface area contributed by atoms with Crippen LogP contribution in [-0.2, 0) is 11.3 Å². The van der Waals surface area contributed by atoms with Crippen LogP contribution >= 0.6 is 11.8 Å². The second-order valence-electron chi connectivity index (χ2n) is 5.99. The fraction of sp³-hybridized carbons (Fsp3) is 0.333. The Labute approximate surface area is 156 Å². The van der Waals surface area contributed by atoms with E-state index in [0.717, 1.165) is 32.7 Å². The van der Waals surface area contributed by atoms with Crippen LogP contribution in [0.25, 0.3) is 0 Å². The number of anilines is 1. The first-order valence-corrected chi connectivity index (χ1v) is 9.34. The van der Waals surface area contributed by atoms with Crippen molar-refractivity contribution >= 4 is 23.5 Å². The van der Waals surface area contributed by atoms with E-state index >= 15 is 0 Å². The Balaban J connectivity index is 1.45. The Hall–Kier alpha value is -2.63. The molecule has 1 amide bonds. The lowest BCUT2D eigenvalue weighted by Gasteiger charge is -2.34. The second kappa shape index (κ2) is 8.65. The van der Waals surface area contributed by atoms with Gasteiger partial charge in [-0.3, -0.25) is 9.69 Å². The van der Waals surface area contributed by atoms with Crippen LogP contribution in [0.1, 0.15) is 11.1 Å². The molecule has 26 heavy (non-hydrogen) atoms. The van der Waals surface area contributed by atoms with Crippen LogP contribution in [-0.4, -0.2) is 57.6 Å². The smallest absolute Gasteiger partial charge is 0.233 e. The lowest BCUT2D eigenvalue weighted by Crippen LogP contribution is -2.48. The molecule has 7 nitrogen and oxygen atoms in total. The number of thioether (sulfide) groups is 1. The van der Waals surface area contributed by atoms with Gasteiger partial charge in [-0.1, -0.05) is 42.1 Å². The van der Waals surface area contributed by atoms with E-state index in [4.69, 9.17) is 11.0 Å². The van der Waals surface area contributed by atoms with Gasteiger partial charge in [0.05, 0.1) is 11.9 Å². The molecule has 3 rings (SSSR count). The molecule has 0 atom stereocenters. The van der Waals surface area contributed by atoms with Gasteiger partial charge in [-0.15, -0.1) is 0 Å². The van der Waals surface area contributed by atoms with Crippen LogP contribution in [0.15, 0.2) is 41.7 Å². The summed E-state index contributed by atoms with van der Waals surface area (Å²) in [5.41, 5.74) is 7.21. The number of carbonyl (C=O) groups excluding carboxylic acids is 1. The fourth-order valence-corrected chi connectivity index (χ4v) is 3.47. The molecule has 1 aliphatic rings. The number of amides is 1. The van der Waals surface area contributed by atoms with Gasteiger partial charge in [0, 0.05) is 32.7 Å². The summed E-state index contributed by atoms with van der Waals surface area (Å²) in [6.45, 7) is 4.10. The van der Waals surface area contributed by atoms with Gasteiger partial charge in [0.2, 0.25) is 5.91 Å². The summed E-state index contributed by atoms with van der Waals surface area (Å²) in [6, 6.07) is 12.3. The molecule has 2 aromatic rings. The highest BCUT2D eigenvalue weighted by Gasteiger charge is 2.21. The average Bonchev–Trinajstić information content (AvgIpc) is 2.67. The van der Waals surface area contributed by atoms with Gasteiger partial charge in [-0.2, -0.15) is 5.26 Å². The zero-order chi connectivity index (χ0) is 18.4. The molecule has 0 saturated carbocycles. The maximum absolute atomic E-state index is 12.4. The number of hydrogen-bond acceptors (Lipinski definition) is 7. The van der Waals surface area contributed by atoms with Crippen LogP contribution < -0.4 is 5.73 Å². The molecule has 1 saturated heterocycles. The number of nitrogens with two attached hydrogens (primary N) is 1. The van der Waals surface area contributed by atoms with Gasteiger partial charge in [-0.05, 0) is 5.56 Å². The van der Waals surface area contributed by atoms with Gasteiger partial charge >= 0.3 is 0 Å². The summed E-state index contributed by atoms with van der Waals surface area (Å²) in [5.74, 6) is 0.484. The normalized spacial score (nSPS) is 14.8. The number of benzene rings is 1. The number of carbonyl (C=O) groups is 1. The number of nitrogen functional groups attached to an aromatic ring is 1. The number of rotatable bonds is 5. The van der Waals surface area contributed by atoms with Crippen LogP contribution in [0.3, 0.4) is 0 Å². The summed E-state index contributed by atoms with van der Waals surface area (Å²) in [4.78, 5) is 24.7. The molecule has 0 bridgehead atoms. The van der Waals surface area contributed by atoms with Gasteiger partial charge in [0.15, 0.2) is 5.16 Å². The van der Waals surface area contributed by atoms with E-state index in [-0.39, 0.29) is 23.0 Å². The minimum atomic E-state index is 0.0703. The lowest BCUT2D eigenvalue weighted by atomic mass is 10.2. The summed E-state index contributed by atoms with van der Waals surface area (Å²) in [7, 11) is 0. The van der Waals surface area contributed by atoms with Gasteiger partial charge < -0.3 is 10.6 Å². The zero-order valence-corrected chi connectivity index (χ0v) is 15.2. The van der Waals surface area contributed by atoms with Crippen molar-refractivity contribution in [2.45, 2.75) is 11.7 Å². The summed E-state index contributed by atoms with van der Waals surface area (Å²) in [5, 5.41) is 9.24. The van der Waals surface area contributed by atoms with Crippen molar-refractivity contribution in [3.8, 4) is 6.07 Å². The molecule has 1 fully saturated rings. The molecule has 2 N–H and O–H groups in total. The van der Waals surface area contributed by atoms with E-state index in [1.807, 2.05) is 29.2 Å². The van der Waals surface area contributed by atoms with Crippen molar-refractivity contribution in [1.29, 1.82) is 5.26 Å². The standard InChI is InChI=1S/C18H20N6OS/c19-10-15-11-21-18(22-17(15)20)26-13-16(25)24-8-6-23(7-9-24)12-14-4-2-1-3-5-14/h1-5,11H,6-9,12-13H2,(H2,20,21,22). The number of piperazine rings is 1. The highest BCUT2D eigenvalue weighted by atomic mass is 32.2. The molecule has 0 aliphatic carbocycles. The van der Waals surface area contributed by atoms with Crippen LogP contribution in [0.5, 0.6) is 0 Å². The van der Waals surface area contributed by atoms with Gasteiger partial charge in [-0.25, -0.2) is 9.97 Å². The SMILES string of the molecule is N#Cc1cnc(SCC(=O)N2CCN(Cc3ccccc3)CC2)nc1N. The van der Waals surface area contributed by atoms with Gasteiger partial charge in [0.25, 0.3) is 0 Å². The maximum atomic E-state index is 12.4. The average molecular weight is 368 g/mol. The summed E-state index contributed by atoms with van der Waals surface area (Å²) >= 11 is 1.24. The predicted molar refractivity (Wildman–Crippen MR) is 100 cm³/mol. The molecule has 1 aromatic heterocycles. The fourth-order valence-electron chi connectivity index (χ4n) is 2.75. The van der Waals surface area contributed by atoms with Crippen molar-refractivity contribution < 1.29 is 4.79 Å². The lowest BCUT2D eigenvalue weighted by molar-refractivity contribution is -0.130. The van der Waals surface area contributed by atoms with Crippen LogP contribution in [0, 0.1) is 11.3 Å². The Bertz CT molecular complexity index is 799. The van der Waals surface area contributed by atoms with Crippen molar-refractivity contribution in [3.63, 3.8) is 0 Å². The Morgan fingerprint density at radius 1 is 1.23 bits per heavy atom. The zero-order valence-electron chi connectivity index (χ0n) is 14.3. The summed E-state index contributed by atoms with van der Waals surface area (Å²) in [6.07, 6.45) is 1.39. The molecule has 0 spiro atoms. The van der Waals surface area contributed by atoms with Crippen LogP contribution in [0.4, 0.5) is 5.82 Å². The van der Waals surface area contributed by atoms with Crippen molar-refractivity contribution in [2.75, 3.05) is 37.7 Å². The Kier molecular flexibility index (Phi) is 6.04. The molecular weight excluding hydrogens is 348 g/mol. The van der Waals surface area contributed by atoms with Gasteiger partial charge in [0.1, 0.15) is 17.5 Å². The minimum Gasteiger partial charge on any atom is -0.382 e. The predicted octanol–water partition coefficient (Wildman–Crippen LogP) is 1.37. The second-order valence-corrected chi connectivity index (χ2v) is 6.94. The van der Waals surface area contributed by atoms with E-state index in [1.54, 1.807) is 0 Å². The first-order chi connectivity index (χ1) is 12.7. The molecule has 2 heterocycles. The number of aromatic nitrogens is 2.